The first-order valence-corrected chi connectivity index (χ1v) is 9.02. The first-order valence-electron chi connectivity index (χ1n) is 9.02. The average molecular weight is 405 g/mol. The lowest BCUT2D eigenvalue weighted by atomic mass is 10.1. The molecule has 2 aromatic carbocycles. The van der Waals surface area contributed by atoms with Gasteiger partial charge in [-0.25, -0.2) is 0 Å². The van der Waals surface area contributed by atoms with Gasteiger partial charge >= 0.3 is 6.61 Å². The molecule has 3 N–H and O–H groups in total. The maximum Gasteiger partial charge on any atom is 0.387 e. The Morgan fingerprint density at radius 2 is 1.76 bits per heavy atom. The molecule has 3 rings (SSSR count). The van der Waals surface area contributed by atoms with E-state index in [0.29, 0.717) is 5.69 Å². The van der Waals surface area contributed by atoms with E-state index in [1.807, 2.05) is 0 Å². The van der Waals surface area contributed by atoms with Crippen molar-refractivity contribution in [3.63, 3.8) is 0 Å². The van der Waals surface area contributed by atoms with E-state index < -0.39 is 18.4 Å². The van der Waals surface area contributed by atoms with E-state index in [0.717, 1.165) is 31.6 Å². The fourth-order valence-electron chi connectivity index (χ4n) is 3.22. The second-order valence-corrected chi connectivity index (χ2v) is 6.49. The van der Waals surface area contributed by atoms with Gasteiger partial charge in [0.2, 0.25) is 5.91 Å². The second kappa shape index (κ2) is 8.76. The number of anilines is 2. The number of nitrogens with two attached hydrogens (primary N) is 1. The number of methoxy groups -OCH3 is 1. The fourth-order valence-corrected chi connectivity index (χ4v) is 3.22. The Balaban J connectivity index is 1.89. The van der Waals surface area contributed by atoms with Crippen LogP contribution in [-0.2, 0) is 0 Å². The summed E-state index contributed by atoms with van der Waals surface area (Å²) in [7, 11) is 1.29. The Bertz CT molecular complexity index is 915. The standard InChI is InChI=1S/C20H21F2N3O4/c1-28-17-11-13(5-7-16(17)29-20(21)22)19(27)24-14-10-12(18(23)26)4-6-15(14)25-8-2-3-9-25/h4-7,10-11,20H,2-3,8-9H2,1H3,(H2,23,26)(H,24,27). The molecule has 0 spiro atoms. The molecule has 1 heterocycles. The summed E-state index contributed by atoms with van der Waals surface area (Å²) in [4.78, 5) is 26.4. The Morgan fingerprint density at radius 1 is 1.07 bits per heavy atom. The number of carbonyl (C=O) groups is 2. The van der Waals surface area contributed by atoms with Gasteiger partial charge in [0.1, 0.15) is 0 Å². The summed E-state index contributed by atoms with van der Waals surface area (Å²) in [5.41, 5.74) is 7.04. The van der Waals surface area contributed by atoms with Crippen LogP contribution in [0.4, 0.5) is 20.2 Å². The molecule has 0 atom stereocenters. The number of hydrogen-bond donors (Lipinski definition) is 2. The summed E-state index contributed by atoms with van der Waals surface area (Å²) in [6, 6.07) is 8.79. The van der Waals surface area contributed by atoms with Crippen molar-refractivity contribution in [2.75, 3.05) is 30.4 Å². The lowest BCUT2D eigenvalue weighted by Crippen LogP contribution is -2.22. The highest BCUT2D eigenvalue weighted by Crippen LogP contribution is 2.32. The van der Waals surface area contributed by atoms with Crippen LogP contribution in [0.2, 0.25) is 0 Å². The molecule has 9 heteroatoms. The number of primary amides is 1. The normalized spacial score (nSPS) is 13.4. The van der Waals surface area contributed by atoms with Gasteiger partial charge in [-0.1, -0.05) is 0 Å². The van der Waals surface area contributed by atoms with Crippen LogP contribution in [0, 0.1) is 0 Å². The molecular weight excluding hydrogens is 384 g/mol. The molecule has 1 aliphatic rings. The van der Waals surface area contributed by atoms with E-state index in [-0.39, 0.29) is 22.6 Å². The maximum atomic E-state index is 12.8. The number of nitrogens with zero attached hydrogens (tertiary/aromatic N) is 1. The predicted octanol–water partition coefficient (Wildman–Crippen LogP) is 3.25. The maximum absolute atomic E-state index is 12.8. The van der Waals surface area contributed by atoms with Crippen molar-refractivity contribution in [3.8, 4) is 11.5 Å². The predicted molar refractivity (Wildman–Crippen MR) is 104 cm³/mol. The van der Waals surface area contributed by atoms with Gasteiger partial charge in [-0.2, -0.15) is 8.78 Å². The van der Waals surface area contributed by atoms with Crippen molar-refractivity contribution >= 4 is 23.2 Å². The molecule has 0 saturated carbocycles. The third-order valence-corrected chi connectivity index (χ3v) is 4.62. The number of rotatable bonds is 7. The molecule has 2 aromatic rings. The van der Waals surface area contributed by atoms with Crippen LogP contribution in [0.1, 0.15) is 33.6 Å². The summed E-state index contributed by atoms with van der Waals surface area (Å²) < 4.78 is 34.4. The zero-order valence-corrected chi connectivity index (χ0v) is 15.8. The Hall–Kier alpha value is -3.36. The number of nitrogens with one attached hydrogen (secondary N) is 1. The zero-order chi connectivity index (χ0) is 21.0. The van der Waals surface area contributed by atoms with Gasteiger partial charge in [-0.05, 0) is 49.2 Å². The van der Waals surface area contributed by atoms with E-state index in [4.69, 9.17) is 10.5 Å². The van der Waals surface area contributed by atoms with Crippen molar-refractivity contribution < 1.29 is 27.8 Å². The third-order valence-electron chi connectivity index (χ3n) is 4.62. The molecule has 0 unspecified atom stereocenters. The van der Waals surface area contributed by atoms with Gasteiger partial charge in [0.15, 0.2) is 11.5 Å². The summed E-state index contributed by atoms with van der Waals surface area (Å²) >= 11 is 0. The van der Waals surface area contributed by atoms with Gasteiger partial charge in [-0.3, -0.25) is 9.59 Å². The third kappa shape index (κ3) is 4.74. The molecule has 0 aromatic heterocycles. The van der Waals surface area contributed by atoms with Crippen LogP contribution < -0.4 is 25.4 Å². The number of benzene rings is 2. The molecule has 0 radical (unpaired) electrons. The minimum atomic E-state index is -3.01. The SMILES string of the molecule is COc1cc(C(=O)Nc2cc(C(N)=O)ccc2N2CCCC2)ccc1OC(F)F. The molecule has 0 aliphatic carbocycles. The van der Waals surface area contributed by atoms with E-state index >= 15 is 0 Å². The second-order valence-electron chi connectivity index (χ2n) is 6.49. The van der Waals surface area contributed by atoms with Gasteiger partial charge in [0.25, 0.3) is 5.91 Å². The van der Waals surface area contributed by atoms with Crippen molar-refractivity contribution in [2.24, 2.45) is 5.73 Å². The lowest BCUT2D eigenvalue weighted by Gasteiger charge is -2.22. The largest absolute Gasteiger partial charge is 0.493 e. The van der Waals surface area contributed by atoms with Crippen molar-refractivity contribution in [2.45, 2.75) is 19.5 Å². The number of carbonyl (C=O) groups excluding carboxylic acids is 2. The molecule has 0 bridgehead atoms. The van der Waals surface area contributed by atoms with Crippen LogP contribution in [0.3, 0.4) is 0 Å². The van der Waals surface area contributed by atoms with E-state index in [1.165, 1.54) is 31.4 Å². The Kier molecular flexibility index (Phi) is 6.16. The van der Waals surface area contributed by atoms with Gasteiger partial charge in [-0.15, -0.1) is 0 Å². The minimum Gasteiger partial charge on any atom is -0.493 e. The van der Waals surface area contributed by atoms with Crippen LogP contribution in [-0.4, -0.2) is 38.6 Å². The highest BCUT2D eigenvalue weighted by molar-refractivity contribution is 6.07. The monoisotopic (exact) mass is 405 g/mol. The first kappa shape index (κ1) is 20.4. The Morgan fingerprint density at radius 3 is 2.38 bits per heavy atom. The highest BCUT2D eigenvalue weighted by atomic mass is 19.3. The number of alkyl halides is 2. The zero-order valence-electron chi connectivity index (χ0n) is 15.8. The smallest absolute Gasteiger partial charge is 0.387 e. The lowest BCUT2D eigenvalue weighted by molar-refractivity contribution is -0.0512. The molecule has 7 nitrogen and oxygen atoms in total. The molecule has 29 heavy (non-hydrogen) atoms. The van der Waals surface area contributed by atoms with Crippen molar-refractivity contribution in [1.82, 2.24) is 0 Å². The molecule has 1 saturated heterocycles. The Labute approximate surface area is 166 Å². The number of ether oxygens (including phenoxy) is 2. The molecule has 1 aliphatic heterocycles. The van der Waals surface area contributed by atoms with Gasteiger partial charge in [0.05, 0.1) is 18.5 Å². The van der Waals surface area contributed by atoms with E-state index in [2.05, 4.69) is 15.0 Å². The average Bonchev–Trinajstić information content (AvgIpc) is 3.22. The number of halogens is 2. The minimum absolute atomic E-state index is 0.00334. The molecule has 1 fully saturated rings. The van der Waals surface area contributed by atoms with Crippen LogP contribution >= 0.6 is 0 Å². The quantitative estimate of drug-likeness (QED) is 0.738. The molecule has 2 amide bonds. The summed E-state index contributed by atoms with van der Waals surface area (Å²) in [5, 5.41) is 2.78. The summed E-state index contributed by atoms with van der Waals surface area (Å²) in [6.07, 6.45) is 2.07. The van der Waals surface area contributed by atoms with Crippen LogP contribution in [0.25, 0.3) is 0 Å². The molecular formula is C20H21F2N3O4. The first-order chi connectivity index (χ1) is 13.9. The van der Waals surface area contributed by atoms with Gasteiger partial charge in [0, 0.05) is 24.2 Å². The van der Waals surface area contributed by atoms with Crippen LogP contribution in [0.15, 0.2) is 36.4 Å². The van der Waals surface area contributed by atoms with Crippen molar-refractivity contribution in [1.29, 1.82) is 0 Å². The van der Waals surface area contributed by atoms with Gasteiger partial charge < -0.3 is 25.4 Å². The van der Waals surface area contributed by atoms with Crippen LogP contribution in [0.5, 0.6) is 11.5 Å². The topological polar surface area (TPSA) is 93.9 Å². The van der Waals surface area contributed by atoms with E-state index in [9.17, 15) is 18.4 Å². The fraction of sp³-hybridized carbons (Fsp3) is 0.300. The van der Waals surface area contributed by atoms with Crippen molar-refractivity contribution in [3.05, 3.63) is 47.5 Å². The number of amides is 2. The summed E-state index contributed by atoms with van der Waals surface area (Å²) in [6.45, 7) is -1.33. The number of hydrogen-bond acceptors (Lipinski definition) is 5. The molecule has 154 valence electrons. The van der Waals surface area contributed by atoms with E-state index in [1.54, 1.807) is 12.1 Å². The highest BCUT2D eigenvalue weighted by Gasteiger charge is 2.20. The summed E-state index contributed by atoms with van der Waals surface area (Å²) in [5.74, 6) is -1.27.